The average Bonchev–Trinajstić information content (AvgIpc) is 3.26. The molecule has 4 atom stereocenters. The second-order valence-electron chi connectivity index (χ2n) is 11.7. The summed E-state index contributed by atoms with van der Waals surface area (Å²) in [5.74, 6) is 1.88. The van der Waals surface area contributed by atoms with Crippen LogP contribution in [0.4, 0.5) is 10.2 Å². The summed E-state index contributed by atoms with van der Waals surface area (Å²) in [6, 6.07) is 15.0. The summed E-state index contributed by atoms with van der Waals surface area (Å²) in [5.41, 5.74) is 5.46. The molecule has 2 heterocycles. The largest absolute Gasteiger partial charge is 0.489 e. The van der Waals surface area contributed by atoms with Gasteiger partial charge in [-0.15, -0.1) is 0 Å². The number of carbonyl (C=O) groups is 1. The lowest BCUT2D eigenvalue weighted by Crippen LogP contribution is -2.30. The van der Waals surface area contributed by atoms with Crippen molar-refractivity contribution in [2.45, 2.75) is 39.2 Å². The second kappa shape index (κ2) is 11.3. The Hall–Kier alpha value is -3.50. The van der Waals surface area contributed by atoms with Gasteiger partial charge in [0.15, 0.2) is 0 Å². The standard InChI is InChI=1S/C32H36FN3O5S/c1-4-40-32(37)31-27-15-22-14-24(6-7-26(22)30(27)31)41-18-23-13-21(5-9-28(23)33)25-8-10-29(35-19(25)2)36-12-11-20(17-36)16-34-42(3,38)39/h5-10,13-14,20,27,30-31,34H,4,11-12,15-18H2,1-3H3. The van der Waals surface area contributed by atoms with Crippen molar-refractivity contribution in [2.24, 2.45) is 17.8 Å². The second-order valence-corrected chi connectivity index (χ2v) is 13.5. The SMILES string of the molecule is CCOC(=O)C1C2Cc3cc(OCc4cc(-c5ccc(N6CCC(CNS(C)(=O)=O)C6)nc5C)ccc4F)ccc3C21. The first-order valence-corrected chi connectivity index (χ1v) is 16.4. The Morgan fingerprint density at radius 1 is 1.17 bits per heavy atom. The fraction of sp³-hybridized carbons (Fsp3) is 0.438. The zero-order valence-electron chi connectivity index (χ0n) is 24.1. The first-order chi connectivity index (χ1) is 20.1. The van der Waals surface area contributed by atoms with Crippen LogP contribution in [0, 0.1) is 30.5 Å². The fourth-order valence-electron chi connectivity index (χ4n) is 6.56. The van der Waals surface area contributed by atoms with E-state index in [2.05, 4.69) is 9.62 Å². The van der Waals surface area contributed by atoms with Gasteiger partial charge in [0.1, 0.15) is 24.0 Å². The molecule has 10 heteroatoms. The molecule has 1 aromatic heterocycles. The number of benzene rings is 2. The van der Waals surface area contributed by atoms with Crippen LogP contribution in [0.2, 0.25) is 0 Å². The molecule has 222 valence electrons. The van der Waals surface area contributed by atoms with Crippen LogP contribution in [-0.4, -0.2) is 51.9 Å². The third-order valence-electron chi connectivity index (χ3n) is 8.72. The van der Waals surface area contributed by atoms with Crippen LogP contribution < -0.4 is 14.4 Å². The number of anilines is 1. The number of pyridine rings is 1. The molecule has 3 aliphatic rings. The summed E-state index contributed by atoms with van der Waals surface area (Å²) < 4.78 is 51.5. The van der Waals surface area contributed by atoms with Gasteiger partial charge in [-0.1, -0.05) is 12.1 Å². The first kappa shape index (κ1) is 28.6. The van der Waals surface area contributed by atoms with Gasteiger partial charge in [-0.05, 0) is 91.6 Å². The van der Waals surface area contributed by atoms with Crippen molar-refractivity contribution >= 4 is 21.8 Å². The highest BCUT2D eigenvalue weighted by atomic mass is 32.2. The van der Waals surface area contributed by atoms with Crippen LogP contribution in [-0.2, 0) is 32.6 Å². The van der Waals surface area contributed by atoms with Gasteiger partial charge in [-0.3, -0.25) is 4.79 Å². The van der Waals surface area contributed by atoms with Crippen molar-refractivity contribution in [1.29, 1.82) is 0 Å². The lowest BCUT2D eigenvalue weighted by molar-refractivity contribution is -0.145. The zero-order valence-corrected chi connectivity index (χ0v) is 24.9. The zero-order chi connectivity index (χ0) is 29.6. The summed E-state index contributed by atoms with van der Waals surface area (Å²) in [5, 5.41) is 0. The molecule has 8 nitrogen and oxygen atoms in total. The van der Waals surface area contributed by atoms with Gasteiger partial charge < -0.3 is 14.4 Å². The highest BCUT2D eigenvalue weighted by Gasteiger charge is 2.60. The Labute approximate surface area is 246 Å². The van der Waals surface area contributed by atoms with Crippen LogP contribution in [0.25, 0.3) is 11.1 Å². The molecule has 3 aromatic rings. The van der Waals surface area contributed by atoms with E-state index in [1.54, 1.807) is 6.07 Å². The number of hydrogen-bond donors (Lipinski definition) is 1. The third kappa shape index (κ3) is 5.87. The fourth-order valence-corrected chi connectivity index (χ4v) is 7.10. The van der Waals surface area contributed by atoms with Crippen molar-refractivity contribution < 1.29 is 27.1 Å². The molecule has 4 unspecified atom stereocenters. The van der Waals surface area contributed by atoms with Crippen molar-refractivity contribution in [3.63, 3.8) is 0 Å². The number of fused-ring (bicyclic) bond motifs is 3. The van der Waals surface area contributed by atoms with Crippen LogP contribution in [0.5, 0.6) is 5.75 Å². The van der Waals surface area contributed by atoms with Gasteiger partial charge in [0.05, 0.1) is 18.8 Å². The molecule has 1 saturated carbocycles. The molecule has 0 bridgehead atoms. The summed E-state index contributed by atoms with van der Waals surface area (Å²) in [4.78, 5) is 19.2. The summed E-state index contributed by atoms with van der Waals surface area (Å²) in [7, 11) is -3.21. The minimum atomic E-state index is -3.21. The minimum Gasteiger partial charge on any atom is -0.489 e. The molecule has 6 rings (SSSR count). The minimum absolute atomic E-state index is 0.0235. The maximum absolute atomic E-state index is 14.8. The molecule has 0 radical (unpaired) electrons. The van der Waals surface area contributed by atoms with Gasteiger partial charge >= 0.3 is 5.97 Å². The van der Waals surface area contributed by atoms with E-state index in [4.69, 9.17) is 14.5 Å². The van der Waals surface area contributed by atoms with E-state index in [1.807, 2.05) is 50.2 Å². The van der Waals surface area contributed by atoms with E-state index in [0.29, 0.717) is 30.4 Å². The normalized spacial score (nSPS) is 22.5. The van der Waals surface area contributed by atoms with E-state index < -0.39 is 10.0 Å². The van der Waals surface area contributed by atoms with Gasteiger partial charge in [0.25, 0.3) is 0 Å². The average molecular weight is 594 g/mol. The molecular weight excluding hydrogens is 557 g/mol. The lowest BCUT2D eigenvalue weighted by atomic mass is 10.0. The number of rotatable bonds is 10. The summed E-state index contributed by atoms with van der Waals surface area (Å²) in [6.45, 7) is 6.25. The third-order valence-corrected chi connectivity index (χ3v) is 9.41. The van der Waals surface area contributed by atoms with Gasteiger partial charge in [0, 0.05) is 42.4 Å². The summed E-state index contributed by atoms with van der Waals surface area (Å²) in [6.07, 6.45) is 2.91. The molecule has 2 aliphatic carbocycles. The van der Waals surface area contributed by atoms with Crippen LogP contribution in [0.1, 0.15) is 41.6 Å². The molecule has 42 heavy (non-hydrogen) atoms. The number of nitrogens with zero attached hydrogens (tertiary/aromatic N) is 2. The Bertz CT molecular complexity index is 1630. The van der Waals surface area contributed by atoms with E-state index in [1.165, 1.54) is 23.4 Å². The van der Waals surface area contributed by atoms with E-state index in [0.717, 1.165) is 48.6 Å². The van der Waals surface area contributed by atoms with Gasteiger partial charge in [-0.25, -0.2) is 22.5 Å². The molecule has 1 aliphatic heterocycles. The molecule has 0 amide bonds. The Balaban J connectivity index is 1.10. The Kier molecular flexibility index (Phi) is 7.70. The van der Waals surface area contributed by atoms with Crippen molar-refractivity contribution in [3.8, 4) is 16.9 Å². The number of hydrogen-bond acceptors (Lipinski definition) is 7. The predicted molar refractivity (Wildman–Crippen MR) is 158 cm³/mol. The Morgan fingerprint density at radius 2 is 2.00 bits per heavy atom. The number of aromatic nitrogens is 1. The number of ether oxygens (including phenoxy) is 2. The van der Waals surface area contributed by atoms with Gasteiger partial charge in [0.2, 0.25) is 10.0 Å². The monoisotopic (exact) mass is 593 g/mol. The lowest BCUT2D eigenvalue weighted by Gasteiger charge is -2.19. The molecule has 2 aromatic carbocycles. The van der Waals surface area contributed by atoms with Crippen LogP contribution >= 0.6 is 0 Å². The maximum atomic E-state index is 14.8. The van der Waals surface area contributed by atoms with Crippen molar-refractivity contribution in [1.82, 2.24) is 9.71 Å². The number of sulfonamides is 1. The topological polar surface area (TPSA) is 97.8 Å². The molecule has 1 N–H and O–H groups in total. The molecule has 1 saturated heterocycles. The Morgan fingerprint density at radius 3 is 2.76 bits per heavy atom. The van der Waals surface area contributed by atoms with Crippen LogP contribution in [0.3, 0.4) is 0 Å². The summed E-state index contributed by atoms with van der Waals surface area (Å²) >= 11 is 0. The van der Waals surface area contributed by atoms with Crippen molar-refractivity contribution in [3.05, 3.63) is 76.7 Å². The van der Waals surface area contributed by atoms with Crippen molar-refractivity contribution in [2.75, 3.05) is 37.4 Å². The number of esters is 1. The first-order valence-electron chi connectivity index (χ1n) is 14.5. The maximum Gasteiger partial charge on any atom is 0.309 e. The highest BCUT2D eigenvalue weighted by molar-refractivity contribution is 7.88. The van der Waals surface area contributed by atoms with E-state index in [-0.39, 0.29) is 36.1 Å². The predicted octanol–water partition coefficient (Wildman–Crippen LogP) is 4.60. The number of nitrogens with one attached hydrogen (secondary N) is 1. The molecule has 0 spiro atoms. The highest BCUT2D eigenvalue weighted by Crippen LogP contribution is 2.62. The molecule has 2 fully saturated rings. The quantitative estimate of drug-likeness (QED) is 0.343. The van der Waals surface area contributed by atoms with E-state index in [9.17, 15) is 17.6 Å². The van der Waals surface area contributed by atoms with Crippen LogP contribution in [0.15, 0.2) is 48.5 Å². The molecular formula is C32H36FN3O5S. The number of halogens is 1. The number of aryl methyl sites for hydroxylation is 1. The smallest absolute Gasteiger partial charge is 0.309 e. The van der Waals surface area contributed by atoms with E-state index >= 15 is 0 Å². The van der Waals surface area contributed by atoms with Gasteiger partial charge in [-0.2, -0.15) is 0 Å². The number of carbonyl (C=O) groups excluding carboxylic acids is 1.